The Labute approximate surface area is 134 Å². The molecule has 0 radical (unpaired) electrons. The van der Waals surface area contributed by atoms with Crippen molar-refractivity contribution < 1.29 is 4.74 Å². The van der Waals surface area contributed by atoms with Crippen LogP contribution in [-0.2, 0) is 6.54 Å². The molecule has 2 rings (SSSR count). The quantitative estimate of drug-likeness (QED) is 0.738. The van der Waals surface area contributed by atoms with E-state index in [2.05, 4.69) is 37.2 Å². The molecule has 0 heterocycles. The molecule has 0 aliphatic heterocycles. The molecule has 1 N–H and O–H groups in total. The maximum atomic E-state index is 6.20. The highest BCUT2D eigenvalue weighted by molar-refractivity contribution is 9.11. The van der Waals surface area contributed by atoms with Crippen LogP contribution in [0.15, 0.2) is 45.3 Å². The van der Waals surface area contributed by atoms with Gasteiger partial charge in [-0.15, -0.1) is 0 Å². The van der Waals surface area contributed by atoms with Gasteiger partial charge in [0.15, 0.2) is 0 Å². The fraction of sp³-hybridized carbons (Fsp3) is 0.143. The van der Waals surface area contributed by atoms with Crippen LogP contribution in [0.3, 0.4) is 0 Å². The Morgan fingerprint density at radius 1 is 1.16 bits per heavy atom. The van der Waals surface area contributed by atoms with E-state index in [0.717, 1.165) is 26.0 Å². The monoisotopic (exact) mass is 403 g/mol. The van der Waals surface area contributed by atoms with Crippen LogP contribution >= 0.6 is 43.5 Å². The molecule has 0 aromatic heterocycles. The van der Waals surface area contributed by atoms with Gasteiger partial charge in [-0.2, -0.15) is 0 Å². The summed E-state index contributed by atoms with van der Waals surface area (Å²) in [5, 5.41) is 3.79. The summed E-state index contributed by atoms with van der Waals surface area (Å²) in [4.78, 5) is 0. The Morgan fingerprint density at radius 3 is 2.63 bits per heavy atom. The Hall–Kier alpha value is -0.550. The van der Waals surface area contributed by atoms with Crippen LogP contribution < -0.4 is 10.1 Å². The highest BCUT2D eigenvalue weighted by Gasteiger charge is 2.10. The van der Waals surface area contributed by atoms with E-state index in [9.17, 15) is 0 Å². The van der Waals surface area contributed by atoms with Gasteiger partial charge in [0.25, 0.3) is 0 Å². The number of ether oxygens (including phenoxy) is 1. The van der Waals surface area contributed by atoms with E-state index in [4.69, 9.17) is 16.3 Å². The van der Waals surface area contributed by atoms with E-state index >= 15 is 0 Å². The number of hydrogen-bond donors (Lipinski definition) is 1. The predicted molar refractivity (Wildman–Crippen MR) is 86.1 cm³/mol. The highest BCUT2D eigenvalue weighted by atomic mass is 79.9. The van der Waals surface area contributed by atoms with Gasteiger partial charge in [-0.1, -0.05) is 33.6 Å². The summed E-state index contributed by atoms with van der Waals surface area (Å²) in [5.74, 6) is 1.51. The minimum atomic E-state index is 0.656. The molecule has 0 saturated heterocycles. The second kappa shape index (κ2) is 6.75. The van der Waals surface area contributed by atoms with Crippen molar-refractivity contribution >= 4 is 43.5 Å². The third kappa shape index (κ3) is 3.72. The van der Waals surface area contributed by atoms with Crippen LogP contribution in [0.5, 0.6) is 11.5 Å². The van der Waals surface area contributed by atoms with Gasteiger partial charge in [-0.05, 0) is 53.3 Å². The molecule has 100 valence electrons. The number of benzene rings is 2. The van der Waals surface area contributed by atoms with Crippen molar-refractivity contribution in [3.8, 4) is 11.5 Å². The Balaban J connectivity index is 2.35. The molecule has 0 spiro atoms. The van der Waals surface area contributed by atoms with E-state index < -0.39 is 0 Å². The second-order valence-electron chi connectivity index (χ2n) is 3.92. The molecule has 2 aromatic carbocycles. The van der Waals surface area contributed by atoms with Crippen LogP contribution in [-0.4, -0.2) is 7.05 Å². The average Bonchev–Trinajstić information content (AvgIpc) is 2.37. The van der Waals surface area contributed by atoms with E-state index in [-0.39, 0.29) is 0 Å². The smallest absolute Gasteiger partial charge is 0.141 e. The van der Waals surface area contributed by atoms with Gasteiger partial charge in [0.05, 0.1) is 4.47 Å². The molecule has 0 bridgehead atoms. The molecule has 0 aliphatic carbocycles. The molecule has 0 aliphatic rings. The normalized spacial score (nSPS) is 10.5. The summed E-state index contributed by atoms with van der Waals surface area (Å²) in [6, 6.07) is 11.4. The van der Waals surface area contributed by atoms with Gasteiger partial charge >= 0.3 is 0 Å². The molecule has 5 heteroatoms. The first-order valence-electron chi connectivity index (χ1n) is 5.66. The van der Waals surface area contributed by atoms with Gasteiger partial charge in [0, 0.05) is 21.6 Å². The van der Waals surface area contributed by atoms with Crippen LogP contribution in [0.1, 0.15) is 5.56 Å². The van der Waals surface area contributed by atoms with Gasteiger partial charge in [-0.3, -0.25) is 0 Å². The van der Waals surface area contributed by atoms with E-state index in [1.54, 1.807) is 0 Å². The van der Waals surface area contributed by atoms with Crippen molar-refractivity contribution in [2.24, 2.45) is 0 Å². The Kier molecular flexibility index (Phi) is 5.28. The first-order chi connectivity index (χ1) is 9.11. The molecule has 0 amide bonds. The fourth-order valence-corrected chi connectivity index (χ4v) is 3.02. The zero-order chi connectivity index (χ0) is 13.8. The largest absolute Gasteiger partial charge is 0.456 e. The van der Waals surface area contributed by atoms with Crippen LogP contribution in [0.25, 0.3) is 0 Å². The number of rotatable bonds is 4. The van der Waals surface area contributed by atoms with Crippen molar-refractivity contribution in [3.05, 3.63) is 55.9 Å². The number of hydrogen-bond acceptors (Lipinski definition) is 2. The zero-order valence-electron chi connectivity index (χ0n) is 10.2. The summed E-state index contributed by atoms with van der Waals surface area (Å²) in [5.41, 5.74) is 0.946. The van der Waals surface area contributed by atoms with Crippen LogP contribution in [0, 0.1) is 0 Å². The third-order valence-corrected chi connectivity index (χ3v) is 4.01. The van der Waals surface area contributed by atoms with Crippen LogP contribution in [0.4, 0.5) is 0 Å². The lowest BCUT2D eigenvalue weighted by atomic mass is 10.2. The van der Waals surface area contributed by atoms with Gasteiger partial charge in [0.2, 0.25) is 0 Å². The van der Waals surface area contributed by atoms with Crippen molar-refractivity contribution in [1.82, 2.24) is 5.32 Å². The second-order valence-corrected chi connectivity index (χ2v) is 6.10. The minimum Gasteiger partial charge on any atom is -0.456 e. The Morgan fingerprint density at radius 2 is 1.95 bits per heavy atom. The van der Waals surface area contributed by atoms with Crippen molar-refractivity contribution in [3.63, 3.8) is 0 Å². The summed E-state index contributed by atoms with van der Waals surface area (Å²) in [6.07, 6.45) is 0. The van der Waals surface area contributed by atoms with Crippen LogP contribution in [0.2, 0.25) is 5.02 Å². The lowest BCUT2D eigenvalue weighted by molar-refractivity contribution is 0.471. The molecule has 0 saturated carbocycles. The standard InChI is InChI=1S/C14H12Br2ClNO/c1-18-8-10-12(17)3-2-4-13(10)19-14-6-5-9(15)7-11(14)16/h2-7,18H,8H2,1H3. The SMILES string of the molecule is CNCc1c(Cl)cccc1Oc1ccc(Br)cc1Br. The number of halogens is 3. The maximum Gasteiger partial charge on any atom is 0.141 e. The highest BCUT2D eigenvalue weighted by Crippen LogP contribution is 2.35. The first kappa shape index (κ1) is 14.9. The number of nitrogens with one attached hydrogen (secondary N) is 1. The van der Waals surface area contributed by atoms with E-state index in [0.29, 0.717) is 11.6 Å². The fourth-order valence-electron chi connectivity index (χ4n) is 1.66. The first-order valence-corrected chi connectivity index (χ1v) is 7.63. The molecule has 0 unspecified atom stereocenters. The summed E-state index contributed by atoms with van der Waals surface area (Å²) in [6.45, 7) is 0.656. The predicted octanol–water partition coefficient (Wildman–Crippen LogP) is 5.38. The van der Waals surface area contributed by atoms with E-state index in [1.165, 1.54) is 0 Å². The van der Waals surface area contributed by atoms with Gasteiger partial charge in [0.1, 0.15) is 11.5 Å². The summed E-state index contributed by atoms with van der Waals surface area (Å²) >= 11 is 13.1. The van der Waals surface area contributed by atoms with E-state index in [1.807, 2.05) is 43.4 Å². The lowest BCUT2D eigenvalue weighted by Crippen LogP contribution is -2.07. The third-order valence-electron chi connectivity index (χ3n) is 2.54. The Bertz CT molecular complexity index is 590. The van der Waals surface area contributed by atoms with Crippen molar-refractivity contribution in [2.45, 2.75) is 6.54 Å². The summed E-state index contributed by atoms with van der Waals surface area (Å²) in [7, 11) is 1.88. The molecular formula is C14H12Br2ClNO. The molecule has 0 atom stereocenters. The van der Waals surface area contributed by atoms with Crippen molar-refractivity contribution in [1.29, 1.82) is 0 Å². The van der Waals surface area contributed by atoms with Crippen molar-refractivity contribution in [2.75, 3.05) is 7.05 Å². The zero-order valence-corrected chi connectivity index (χ0v) is 14.1. The molecule has 19 heavy (non-hydrogen) atoms. The minimum absolute atomic E-state index is 0.656. The van der Waals surface area contributed by atoms with Gasteiger partial charge in [-0.25, -0.2) is 0 Å². The lowest BCUT2D eigenvalue weighted by Gasteiger charge is -2.13. The average molecular weight is 406 g/mol. The molecular weight excluding hydrogens is 393 g/mol. The topological polar surface area (TPSA) is 21.3 Å². The van der Waals surface area contributed by atoms with Gasteiger partial charge < -0.3 is 10.1 Å². The maximum absolute atomic E-state index is 6.20. The molecule has 0 fully saturated rings. The molecule has 2 aromatic rings. The molecule has 2 nitrogen and oxygen atoms in total. The summed E-state index contributed by atoms with van der Waals surface area (Å²) < 4.78 is 7.82.